The number of carbonyl (C=O) groups is 1. The van der Waals surface area contributed by atoms with Gasteiger partial charge in [0.2, 0.25) is 0 Å². The number of carbonyl (C=O) groups excluding carboxylic acids is 1. The van der Waals surface area contributed by atoms with Gasteiger partial charge in [-0.15, -0.1) is 0 Å². The van der Waals surface area contributed by atoms with Crippen LogP contribution >= 0.6 is 0 Å². The van der Waals surface area contributed by atoms with Gasteiger partial charge in [0.15, 0.2) is 5.76 Å². The van der Waals surface area contributed by atoms with Crippen molar-refractivity contribution in [2.75, 3.05) is 6.54 Å². The van der Waals surface area contributed by atoms with Crippen LogP contribution in [0.3, 0.4) is 0 Å². The quantitative estimate of drug-likeness (QED) is 0.657. The van der Waals surface area contributed by atoms with Crippen LogP contribution in [0.25, 0.3) is 16.7 Å². The molecular weight excluding hydrogens is 349 g/mol. The Morgan fingerprint density at radius 3 is 2.58 bits per heavy atom. The van der Waals surface area contributed by atoms with E-state index >= 15 is 0 Å². The van der Waals surface area contributed by atoms with Gasteiger partial charge in [-0.3, -0.25) is 4.79 Å². The molecule has 24 heavy (non-hydrogen) atoms. The van der Waals surface area contributed by atoms with E-state index < -0.39 is 27.3 Å². The Morgan fingerprint density at radius 2 is 1.92 bits per heavy atom. The van der Waals surface area contributed by atoms with Crippen molar-refractivity contribution in [3.05, 3.63) is 41.6 Å². The largest absolute Gasteiger partial charge is 0.534 e. The fourth-order valence-electron chi connectivity index (χ4n) is 2.57. The Morgan fingerprint density at radius 1 is 1.25 bits per heavy atom. The molecule has 1 N–H and O–H groups in total. The molecule has 0 saturated heterocycles. The number of aryl methyl sites for hydroxylation is 1. The van der Waals surface area contributed by atoms with Gasteiger partial charge in [-0.25, -0.2) is 0 Å². The Labute approximate surface area is 134 Å². The normalized spacial score (nSPS) is 15.5. The molecule has 0 atom stereocenters. The summed E-state index contributed by atoms with van der Waals surface area (Å²) in [7, 11) is -4.29. The summed E-state index contributed by atoms with van der Waals surface area (Å²) in [5.41, 5.74) is -4.98. The highest BCUT2D eigenvalue weighted by Gasteiger charge is 2.49. The number of para-hydroxylation sites is 1. The van der Waals surface area contributed by atoms with Crippen LogP contribution in [0.15, 0.2) is 30.3 Å². The van der Waals surface area contributed by atoms with Gasteiger partial charge in [0.1, 0.15) is 5.69 Å². The van der Waals surface area contributed by atoms with E-state index in [9.17, 15) is 26.4 Å². The molecule has 1 aliphatic rings. The molecular formula is C14H11F3N2O4S. The summed E-state index contributed by atoms with van der Waals surface area (Å²) in [4.78, 5) is 12.2. The van der Waals surface area contributed by atoms with E-state index in [1.54, 1.807) is 31.3 Å². The number of aromatic nitrogens is 1. The standard InChI is InChI=1S/C14H11F3N2O4S/c1-19-9-5-3-2-4-8(9)11-10(6-7-18-13(20)12(11)19)23-24(21,22)14(15,16)17/h2-6H,7H2,1H3,(H,18,20). The second-order valence-corrected chi connectivity index (χ2v) is 6.60. The minimum atomic E-state index is -5.85. The maximum absolute atomic E-state index is 12.6. The lowest BCUT2D eigenvalue weighted by molar-refractivity contribution is -0.0509. The minimum absolute atomic E-state index is 0.0101. The number of amides is 1. The Balaban J connectivity index is 2.25. The second-order valence-electron chi connectivity index (χ2n) is 5.06. The average Bonchev–Trinajstić information content (AvgIpc) is 2.68. The van der Waals surface area contributed by atoms with E-state index in [-0.39, 0.29) is 17.8 Å². The number of hydrogen-bond acceptors (Lipinski definition) is 4. The predicted molar refractivity (Wildman–Crippen MR) is 79.3 cm³/mol. The Bertz CT molecular complexity index is 974. The number of fused-ring (bicyclic) bond motifs is 3. The zero-order valence-corrected chi connectivity index (χ0v) is 13.0. The van der Waals surface area contributed by atoms with Crippen molar-refractivity contribution in [1.82, 2.24) is 9.88 Å². The molecule has 0 radical (unpaired) electrons. The number of rotatable bonds is 2. The number of benzene rings is 1. The smallest absolute Gasteiger partial charge is 0.376 e. The van der Waals surface area contributed by atoms with Crippen molar-refractivity contribution in [3.63, 3.8) is 0 Å². The van der Waals surface area contributed by atoms with Gasteiger partial charge in [0, 0.05) is 24.5 Å². The molecule has 3 rings (SSSR count). The second kappa shape index (κ2) is 5.26. The van der Waals surface area contributed by atoms with Gasteiger partial charge >= 0.3 is 15.6 Å². The highest BCUT2D eigenvalue weighted by atomic mass is 32.2. The van der Waals surface area contributed by atoms with Gasteiger partial charge in [-0.05, 0) is 12.1 Å². The van der Waals surface area contributed by atoms with Crippen LogP contribution in [0.2, 0.25) is 0 Å². The third-order valence-corrected chi connectivity index (χ3v) is 4.57. The molecule has 1 aromatic carbocycles. The van der Waals surface area contributed by atoms with Crippen LogP contribution in [0.4, 0.5) is 13.2 Å². The van der Waals surface area contributed by atoms with Crippen molar-refractivity contribution in [2.24, 2.45) is 7.05 Å². The van der Waals surface area contributed by atoms with Gasteiger partial charge in [-0.2, -0.15) is 21.6 Å². The third-order valence-electron chi connectivity index (χ3n) is 3.60. The summed E-state index contributed by atoms with van der Waals surface area (Å²) in [6.45, 7) is -0.162. The molecule has 0 spiro atoms. The molecule has 128 valence electrons. The first-order valence-corrected chi connectivity index (χ1v) is 8.11. The maximum atomic E-state index is 12.6. The highest BCUT2D eigenvalue weighted by Crippen LogP contribution is 2.36. The first-order valence-electron chi connectivity index (χ1n) is 6.70. The number of alkyl halides is 3. The Kier molecular flexibility index (Phi) is 3.59. The van der Waals surface area contributed by atoms with Crippen LogP contribution in [0.5, 0.6) is 0 Å². The molecule has 1 aliphatic heterocycles. The molecule has 0 unspecified atom stereocenters. The summed E-state index contributed by atoms with van der Waals surface area (Å²) in [6.07, 6.45) is 1.10. The van der Waals surface area contributed by atoms with Crippen LogP contribution in [-0.4, -0.2) is 30.9 Å². The lowest BCUT2D eigenvalue weighted by atomic mass is 10.1. The molecule has 1 amide bonds. The molecule has 0 saturated carbocycles. The number of hydrogen-bond donors (Lipinski definition) is 1. The van der Waals surface area contributed by atoms with E-state index in [4.69, 9.17) is 0 Å². The fourth-order valence-corrected chi connectivity index (χ4v) is 3.05. The molecule has 0 aliphatic carbocycles. The zero-order valence-electron chi connectivity index (χ0n) is 12.2. The van der Waals surface area contributed by atoms with Crippen molar-refractivity contribution in [3.8, 4) is 0 Å². The summed E-state index contributed by atoms with van der Waals surface area (Å²) in [5.74, 6) is -1.07. The SMILES string of the molecule is Cn1c2c(c3ccccc31)C(OS(=O)(=O)C(F)(F)F)=CCNC2=O. The minimum Gasteiger partial charge on any atom is -0.376 e. The van der Waals surface area contributed by atoms with E-state index in [1.165, 1.54) is 4.57 Å². The number of halogens is 3. The Hall–Kier alpha value is -2.49. The van der Waals surface area contributed by atoms with Crippen LogP contribution < -0.4 is 5.32 Å². The van der Waals surface area contributed by atoms with E-state index in [0.29, 0.717) is 10.9 Å². The summed E-state index contributed by atoms with van der Waals surface area (Å²) < 4.78 is 66.4. The summed E-state index contributed by atoms with van der Waals surface area (Å²) in [5, 5.41) is 2.88. The predicted octanol–water partition coefficient (Wildman–Crippen LogP) is 2.13. The molecule has 0 bridgehead atoms. The van der Waals surface area contributed by atoms with Crippen LogP contribution in [0, 0.1) is 0 Å². The molecule has 10 heteroatoms. The first kappa shape index (κ1) is 16.4. The monoisotopic (exact) mass is 360 g/mol. The molecule has 2 heterocycles. The highest BCUT2D eigenvalue weighted by molar-refractivity contribution is 7.87. The maximum Gasteiger partial charge on any atom is 0.534 e. The summed E-state index contributed by atoms with van der Waals surface area (Å²) >= 11 is 0. The van der Waals surface area contributed by atoms with Crippen molar-refractivity contribution < 1.29 is 30.6 Å². The average molecular weight is 360 g/mol. The van der Waals surface area contributed by atoms with Crippen molar-refractivity contribution >= 4 is 32.7 Å². The molecule has 1 aromatic heterocycles. The van der Waals surface area contributed by atoms with E-state index in [2.05, 4.69) is 9.50 Å². The third kappa shape index (κ3) is 2.42. The topological polar surface area (TPSA) is 77.4 Å². The van der Waals surface area contributed by atoms with Gasteiger partial charge in [0.25, 0.3) is 5.91 Å². The van der Waals surface area contributed by atoms with Gasteiger partial charge < -0.3 is 14.1 Å². The van der Waals surface area contributed by atoms with Crippen LogP contribution in [-0.2, 0) is 21.3 Å². The van der Waals surface area contributed by atoms with Gasteiger partial charge in [0.05, 0.1) is 5.56 Å². The van der Waals surface area contributed by atoms with E-state index in [0.717, 1.165) is 6.08 Å². The lowest BCUT2D eigenvalue weighted by Crippen LogP contribution is -2.25. The lowest BCUT2D eigenvalue weighted by Gasteiger charge is -2.12. The number of nitrogens with one attached hydrogen (secondary N) is 1. The van der Waals surface area contributed by atoms with Crippen molar-refractivity contribution in [2.45, 2.75) is 5.51 Å². The van der Waals surface area contributed by atoms with Gasteiger partial charge in [-0.1, -0.05) is 18.2 Å². The number of nitrogens with zero attached hydrogens (tertiary/aromatic N) is 1. The molecule has 2 aromatic rings. The van der Waals surface area contributed by atoms with Crippen LogP contribution in [0.1, 0.15) is 16.1 Å². The fraction of sp³-hybridized carbons (Fsp3) is 0.214. The van der Waals surface area contributed by atoms with E-state index in [1.807, 2.05) is 0 Å². The molecule has 6 nitrogen and oxygen atoms in total. The summed E-state index contributed by atoms with van der Waals surface area (Å²) in [6, 6.07) is 6.55. The van der Waals surface area contributed by atoms with Crippen molar-refractivity contribution in [1.29, 1.82) is 0 Å². The first-order chi connectivity index (χ1) is 11.1. The zero-order chi connectivity index (χ0) is 17.7. The molecule has 0 fully saturated rings.